The Bertz CT molecular complexity index is 598. The molecular weight excluding hydrogens is 290 g/mol. The van der Waals surface area contributed by atoms with Gasteiger partial charge in [-0.2, -0.15) is 5.26 Å². The van der Waals surface area contributed by atoms with Crippen LogP contribution in [0, 0.1) is 34.5 Å². The lowest BCUT2D eigenvalue weighted by molar-refractivity contribution is -0.177. The van der Waals surface area contributed by atoms with Crippen molar-refractivity contribution in [2.75, 3.05) is 0 Å². The fourth-order valence-electron chi connectivity index (χ4n) is 6.96. The second-order valence-electron chi connectivity index (χ2n) is 9.21. The fourth-order valence-corrected chi connectivity index (χ4v) is 6.96. The SMILES string of the molecule is N#C[C@@H]1C[C@@H]2C[C@@H]2N1C(=O)[C@@H](N)C12C[C@@H]3C[C@@H](CC(O)(C3)C1)C2. The van der Waals surface area contributed by atoms with Crippen molar-refractivity contribution in [1.29, 1.82) is 5.26 Å². The molecule has 23 heavy (non-hydrogen) atoms. The van der Waals surface area contributed by atoms with Crippen LogP contribution in [0.2, 0.25) is 0 Å². The smallest absolute Gasteiger partial charge is 0.241 e. The molecule has 1 saturated heterocycles. The third-order valence-corrected chi connectivity index (χ3v) is 7.51. The molecule has 5 saturated carbocycles. The fraction of sp³-hybridized carbons (Fsp3) is 0.889. The Balaban J connectivity index is 1.43. The van der Waals surface area contributed by atoms with E-state index in [4.69, 9.17) is 5.73 Å². The molecule has 0 aromatic rings. The Labute approximate surface area is 136 Å². The quantitative estimate of drug-likeness (QED) is 0.800. The second-order valence-corrected chi connectivity index (χ2v) is 9.21. The molecule has 0 radical (unpaired) electrons. The summed E-state index contributed by atoms with van der Waals surface area (Å²) in [6.45, 7) is 0. The minimum atomic E-state index is -0.594. The normalized spacial score (nSPS) is 53.8. The molecule has 0 aromatic carbocycles. The van der Waals surface area contributed by atoms with Gasteiger partial charge in [0.25, 0.3) is 0 Å². The van der Waals surface area contributed by atoms with E-state index >= 15 is 0 Å². The third kappa shape index (κ3) is 1.88. The van der Waals surface area contributed by atoms with E-state index in [0.29, 0.717) is 24.2 Å². The maximum atomic E-state index is 13.1. The Morgan fingerprint density at radius 3 is 2.52 bits per heavy atom. The Hall–Kier alpha value is -1.12. The summed E-state index contributed by atoms with van der Waals surface area (Å²) in [6.07, 6.45) is 7.48. The highest BCUT2D eigenvalue weighted by Crippen LogP contribution is 2.63. The van der Waals surface area contributed by atoms with Crippen LogP contribution in [0.1, 0.15) is 51.4 Å². The summed E-state index contributed by atoms with van der Waals surface area (Å²) in [5.74, 6) is 1.56. The molecule has 0 spiro atoms. The van der Waals surface area contributed by atoms with Crippen molar-refractivity contribution < 1.29 is 9.90 Å². The molecule has 124 valence electrons. The number of nitrogens with zero attached hydrogens (tertiary/aromatic N) is 2. The molecule has 5 nitrogen and oxygen atoms in total. The van der Waals surface area contributed by atoms with Gasteiger partial charge in [-0.05, 0) is 74.5 Å². The maximum absolute atomic E-state index is 13.1. The number of amides is 1. The van der Waals surface area contributed by atoms with Crippen molar-refractivity contribution in [2.45, 2.75) is 75.1 Å². The highest BCUT2D eigenvalue weighted by molar-refractivity contribution is 5.84. The average Bonchev–Trinajstić information content (AvgIpc) is 3.14. The van der Waals surface area contributed by atoms with Crippen molar-refractivity contribution in [3.05, 3.63) is 0 Å². The van der Waals surface area contributed by atoms with E-state index in [0.717, 1.165) is 38.5 Å². The molecule has 6 aliphatic rings. The molecule has 4 bridgehead atoms. The predicted octanol–water partition coefficient (Wildman–Crippen LogP) is 1.16. The molecule has 1 aliphatic heterocycles. The summed E-state index contributed by atoms with van der Waals surface area (Å²) in [7, 11) is 0. The number of nitriles is 1. The number of fused-ring (bicyclic) bond motifs is 1. The van der Waals surface area contributed by atoms with Crippen molar-refractivity contribution in [3.63, 3.8) is 0 Å². The molecule has 2 unspecified atom stereocenters. The van der Waals surface area contributed by atoms with Gasteiger partial charge < -0.3 is 15.7 Å². The summed E-state index contributed by atoms with van der Waals surface area (Å²) in [4.78, 5) is 14.9. The van der Waals surface area contributed by atoms with E-state index in [-0.39, 0.29) is 23.4 Å². The van der Waals surface area contributed by atoms with E-state index < -0.39 is 11.6 Å². The van der Waals surface area contributed by atoms with Gasteiger partial charge in [-0.15, -0.1) is 0 Å². The number of carbonyl (C=O) groups excluding carboxylic acids is 1. The predicted molar refractivity (Wildman–Crippen MR) is 82.8 cm³/mol. The van der Waals surface area contributed by atoms with Gasteiger partial charge in [0.1, 0.15) is 6.04 Å². The van der Waals surface area contributed by atoms with Gasteiger partial charge in [0.15, 0.2) is 0 Å². The van der Waals surface area contributed by atoms with Crippen LogP contribution in [0.15, 0.2) is 0 Å². The van der Waals surface area contributed by atoms with Crippen LogP contribution in [0.25, 0.3) is 0 Å². The van der Waals surface area contributed by atoms with Crippen molar-refractivity contribution in [1.82, 2.24) is 4.90 Å². The average molecular weight is 315 g/mol. The first-order valence-electron chi connectivity index (χ1n) is 9.13. The van der Waals surface area contributed by atoms with E-state index in [9.17, 15) is 15.2 Å². The maximum Gasteiger partial charge on any atom is 0.241 e. The molecule has 6 rings (SSSR count). The molecular formula is C18H25N3O2. The van der Waals surface area contributed by atoms with Gasteiger partial charge in [-0.3, -0.25) is 4.79 Å². The number of hydrogen-bond donors (Lipinski definition) is 2. The number of piperidine rings is 1. The topological polar surface area (TPSA) is 90.4 Å². The Kier molecular flexibility index (Phi) is 2.65. The Morgan fingerprint density at radius 1 is 1.22 bits per heavy atom. The van der Waals surface area contributed by atoms with E-state index in [1.54, 1.807) is 4.90 Å². The zero-order chi connectivity index (χ0) is 16.0. The van der Waals surface area contributed by atoms with Crippen LogP contribution >= 0.6 is 0 Å². The zero-order valence-corrected chi connectivity index (χ0v) is 13.4. The van der Waals surface area contributed by atoms with Crippen LogP contribution in [0.3, 0.4) is 0 Å². The van der Waals surface area contributed by atoms with Gasteiger partial charge in [-0.25, -0.2) is 0 Å². The van der Waals surface area contributed by atoms with Crippen LogP contribution in [-0.4, -0.2) is 39.6 Å². The molecule has 0 aromatic heterocycles. The van der Waals surface area contributed by atoms with Crippen LogP contribution in [0.4, 0.5) is 0 Å². The molecule has 6 fully saturated rings. The van der Waals surface area contributed by atoms with Gasteiger partial charge in [-0.1, -0.05) is 0 Å². The largest absolute Gasteiger partial charge is 0.390 e. The summed E-state index contributed by atoms with van der Waals surface area (Å²) in [5, 5.41) is 20.2. The van der Waals surface area contributed by atoms with Gasteiger partial charge in [0, 0.05) is 6.04 Å². The monoisotopic (exact) mass is 315 g/mol. The first-order valence-corrected chi connectivity index (χ1v) is 9.13. The number of hydrogen-bond acceptors (Lipinski definition) is 4. The lowest BCUT2D eigenvalue weighted by Crippen LogP contribution is -2.64. The number of nitrogens with two attached hydrogens (primary N) is 1. The summed E-state index contributed by atoms with van der Waals surface area (Å²) >= 11 is 0. The first kappa shape index (κ1) is 14.2. The standard InChI is InChI=1S/C18H25N3O2/c19-8-13-2-12-3-14(12)21(13)16(22)15(20)17-4-10-1-11(5-17)7-18(23,6-10)9-17/h10-15,23H,1-7,9,20H2/t10-,11+,12-,13+,14+,15-,17?,18?/m1/s1. The third-order valence-electron chi connectivity index (χ3n) is 7.51. The number of carbonyl (C=O) groups is 1. The highest BCUT2D eigenvalue weighted by Gasteiger charge is 2.62. The van der Waals surface area contributed by atoms with Gasteiger partial charge >= 0.3 is 0 Å². The molecule has 5 heteroatoms. The molecule has 1 heterocycles. The van der Waals surface area contributed by atoms with Crippen molar-refractivity contribution >= 4 is 5.91 Å². The highest BCUT2D eigenvalue weighted by atomic mass is 16.3. The lowest BCUT2D eigenvalue weighted by Gasteiger charge is -2.61. The van der Waals surface area contributed by atoms with E-state index in [1.807, 2.05) is 0 Å². The summed E-state index contributed by atoms with van der Waals surface area (Å²) in [6, 6.07) is 1.72. The van der Waals surface area contributed by atoms with E-state index in [2.05, 4.69) is 6.07 Å². The number of aliphatic hydroxyl groups is 1. The van der Waals surface area contributed by atoms with Crippen LogP contribution in [-0.2, 0) is 4.79 Å². The van der Waals surface area contributed by atoms with Gasteiger partial charge in [0.2, 0.25) is 5.91 Å². The zero-order valence-electron chi connectivity index (χ0n) is 13.4. The molecule has 1 amide bonds. The van der Waals surface area contributed by atoms with Crippen molar-refractivity contribution in [2.24, 2.45) is 28.9 Å². The minimum absolute atomic E-state index is 0.0212. The summed E-state index contributed by atoms with van der Waals surface area (Å²) < 4.78 is 0. The molecule has 5 aliphatic carbocycles. The Morgan fingerprint density at radius 2 is 1.91 bits per heavy atom. The van der Waals surface area contributed by atoms with E-state index in [1.165, 1.54) is 6.42 Å². The van der Waals surface area contributed by atoms with Crippen LogP contribution in [0.5, 0.6) is 0 Å². The second kappa shape index (κ2) is 4.29. The van der Waals surface area contributed by atoms with Crippen LogP contribution < -0.4 is 5.73 Å². The molecule has 8 atom stereocenters. The summed E-state index contributed by atoms with van der Waals surface area (Å²) in [5.41, 5.74) is 5.71. The lowest BCUT2D eigenvalue weighted by atomic mass is 9.46. The molecule has 3 N–H and O–H groups in total. The minimum Gasteiger partial charge on any atom is -0.390 e. The number of likely N-dealkylation sites (tertiary alicyclic amines) is 1. The first-order chi connectivity index (χ1) is 10.9. The number of rotatable bonds is 2. The van der Waals surface area contributed by atoms with Gasteiger partial charge in [0.05, 0.1) is 17.7 Å². The van der Waals surface area contributed by atoms with Crippen molar-refractivity contribution in [3.8, 4) is 6.07 Å².